The van der Waals surface area contributed by atoms with Gasteiger partial charge in [0.05, 0.1) is 13.7 Å². The maximum absolute atomic E-state index is 12.5. The first-order chi connectivity index (χ1) is 13.7. The number of ketones is 1. The second kappa shape index (κ2) is 8.41. The Kier molecular flexibility index (Phi) is 5.95. The fourth-order valence-corrected chi connectivity index (χ4v) is 2.76. The molecular weight excluding hydrogens is 391 g/mol. The van der Waals surface area contributed by atoms with Gasteiger partial charge in [-0.05, 0) is 17.7 Å². The Morgan fingerprint density at radius 3 is 2.55 bits per heavy atom. The van der Waals surface area contributed by atoms with Crippen LogP contribution in [0.15, 0.2) is 24.3 Å². The summed E-state index contributed by atoms with van der Waals surface area (Å²) in [6.07, 6.45) is -4.22. The molecule has 1 fully saturated rings. The zero-order valence-corrected chi connectivity index (χ0v) is 15.6. The van der Waals surface area contributed by atoms with E-state index in [1.165, 1.54) is 0 Å². The number of carbonyl (C=O) groups excluding carboxylic acids is 1. The standard InChI is InChI=1S/C18H20F3N5O3/c1-28-13-4-2-11(3-5-13)8-23-15-14(22)16(26-7-6-12(27)9-26)25-17(24-15)29-10-18(19,20)21/h2-5H,6-10,22H2,1H3,(H,23,24,25). The maximum Gasteiger partial charge on any atom is 0.422 e. The molecule has 0 aliphatic carbocycles. The molecule has 1 aromatic heterocycles. The van der Waals surface area contributed by atoms with Gasteiger partial charge < -0.3 is 25.4 Å². The summed E-state index contributed by atoms with van der Waals surface area (Å²) < 4.78 is 47.4. The number of alkyl halides is 3. The van der Waals surface area contributed by atoms with Crippen molar-refractivity contribution in [3.8, 4) is 11.8 Å². The molecule has 0 atom stereocenters. The summed E-state index contributed by atoms with van der Waals surface area (Å²) in [5.41, 5.74) is 7.14. The van der Waals surface area contributed by atoms with Gasteiger partial charge in [0, 0.05) is 19.5 Å². The van der Waals surface area contributed by atoms with Gasteiger partial charge >= 0.3 is 12.2 Å². The largest absolute Gasteiger partial charge is 0.497 e. The summed E-state index contributed by atoms with van der Waals surface area (Å²) in [6, 6.07) is 6.73. The maximum atomic E-state index is 12.5. The molecule has 0 bridgehead atoms. The molecule has 3 rings (SSSR count). The SMILES string of the molecule is COc1ccc(CNc2nc(OCC(F)(F)F)nc(N3CCC(=O)C3)c2N)cc1. The van der Waals surface area contributed by atoms with E-state index in [-0.39, 0.29) is 29.7 Å². The van der Waals surface area contributed by atoms with E-state index in [0.29, 0.717) is 25.3 Å². The summed E-state index contributed by atoms with van der Waals surface area (Å²) in [5, 5.41) is 2.99. The number of nitrogens with two attached hydrogens (primary N) is 1. The number of nitrogens with zero attached hydrogens (tertiary/aromatic N) is 3. The third-order valence-electron chi connectivity index (χ3n) is 4.22. The van der Waals surface area contributed by atoms with Crippen molar-refractivity contribution in [3.63, 3.8) is 0 Å². The van der Waals surface area contributed by atoms with Gasteiger partial charge in [-0.1, -0.05) is 12.1 Å². The summed E-state index contributed by atoms with van der Waals surface area (Å²) in [4.78, 5) is 21.2. The van der Waals surface area contributed by atoms with Crippen molar-refractivity contribution in [2.24, 2.45) is 0 Å². The minimum Gasteiger partial charge on any atom is -0.497 e. The third kappa shape index (κ3) is 5.39. The highest BCUT2D eigenvalue weighted by Gasteiger charge is 2.30. The van der Waals surface area contributed by atoms with Gasteiger partial charge in [0.2, 0.25) is 0 Å². The smallest absolute Gasteiger partial charge is 0.422 e. The number of benzene rings is 1. The van der Waals surface area contributed by atoms with Crippen LogP contribution >= 0.6 is 0 Å². The van der Waals surface area contributed by atoms with Gasteiger partial charge in [0.1, 0.15) is 11.4 Å². The molecule has 0 spiro atoms. The first kappa shape index (κ1) is 20.5. The topological polar surface area (TPSA) is 103 Å². The highest BCUT2D eigenvalue weighted by Crippen LogP contribution is 2.32. The van der Waals surface area contributed by atoms with Crippen LogP contribution in [0.1, 0.15) is 12.0 Å². The van der Waals surface area contributed by atoms with Gasteiger partial charge in [-0.15, -0.1) is 0 Å². The molecule has 1 saturated heterocycles. The number of rotatable bonds is 7. The number of ether oxygens (including phenoxy) is 2. The molecule has 0 unspecified atom stereocenters. The number of Topliss-reactive ketones (excluding diaryl/α,β-unsaturated/α-hetero) is 1. The minimum absolute atomic E-state index is 0.00601. The average Bonchev–Trinajstić information content (AvgIpc) is 3.12. The summed E-state index contributed by atoms with van der Waals surface area (Å²) in [5.74, 6) is 0.982. The molecule has 1 aliphatic heterocycles. The second-order valence-corrected chi connectivity index (χ2v) is 6.41. The number of carbonyl (C=O) groups is 1. The number of aromatic nitrogens is 2. The van der Waals surface area contributed by atoms with Gasteiger partial charge in [-0.3, -0.25) is 4.79 Å². The van der Waals surface area contributed by atoms with Crippen molar-refractivity contribution in [1.29, 1.82) is 0 Å². The number of nitrogens with one attached hydrogen (secondary N) is 1. The van der Waals surface area contributed by atoms with E-state index in [2.05, 4.69) is 15.3 Å². The molecule has 156 valence electrons. The van der Waals surface area contributed by atoms with Crippen LogP contribution in [0, 0.1) is 0 Å². The zero-order chi connectivity index (χ0) is 21.0. The molecule has 8 nitrogen and oxygen atoms in total. The summed E-state index contributed by atoms with van der Waals surface area (Å²) in [7, 11) is 1.56. The van der Waals surface area contributed by atoms with Gasteiger partial charge in [0.15, 0.2) is 24.0 Å². The Labute approximate surface area is 164 Å². The van der Waals surface area contributed by atoms with Crippen LogP contribution in [-0.4, -0.2) is 48.7 Å². The number of anilines is 3. The zero-order valence-electron chi connectivity index (χ0n) is 15.6. The number of hydrogen-bond donors (Lipinski definition) is 2. The van der Waals surface area contributed by atoms with Gasteiger partial charge in [-0.25, -0.2) is 0 Å². The molecule has 2 heterocycles. The summed E-state index contributed by atoms with van der Waals surface area (Å²) in [6.45, 7) is -0.774. The first-order valence-electron chi connectivity index (χ1n) is 8.75. The van der Waals surface area contributed by atoms with Crippen molar-refractivity contribution in [2.45, 2.75) is 19.1 Å². The van der Waals surface area contributed by atoms with E-state index in [9.17, 15) is 18.0 Å². The lowest BCUT2D eigenvalue weighted by molar-refractivity contribution is -0.154. The lowest BCUT2D eigenvalue weighted by Crippen LogP contribution is -2.25. The van der Waals surface area contributed by atoms with Crippen molar-refractivity contribution in [1.82, 2.24) is 9.97 Å². The van der Waals surface area contributed by atoms with Crippen molar-refractivity contribution in [3.05, 3.63) is 29.8 Å². The quantitative estimate of drug-likeness (QED) is 0.716. The Morgan fingerprint density at radius 2 is 1.97 bits per heavy atom. The van der Waals surface area contributed by atoms with Crippen molar-refractivity contribution >= 4 is 23.1 Å². The number of nitrogen functional groups attached to an aromatic ring is 1. The predicted molar refractivity (Wildman–Crippen MR) is 100 cm³/mol. The van der Waals surface area contributed by atoms with Crippen LogP contribution < -0.4 is 25.4 Å². The molecule has 3 N–H and O–H groups in total. The van der Waals surface area contributed by atoms with Crippen LogP contribution in [0.5, 0.6) is 11.8 Å². The minimum atomic E-state index is -4.54. The highest BCUT2D eigenvalue weighted by molar-refractivity contribution is 5.89. The van der Waals surface area contributed by atoms with E-state index in [1.54, 1.807) is 24.1 Å². The lowest BCUT2D eigenvalue weighted by atomic mass is 10.2. The molecule has 1 aromatic carbocycles. The predicted octanol–water partition coefficient (Wildman–Crippen LogP) is 2.40. The first-order valence-corrected chi connectivity index (χ1v) is 8.75. The molecule has 1 aliphatic rings. The van der Waals surface area contributed by atoms with Crippen LogP contribution in [-0.2, 0) is 11.3 Å². The normalized spacial score (nSPS) is 14.2. The Morgan fingerprint density at radius 1 is 1.24 bits per heavy atom. The van der Waals surface area contributed by atoms with Crippen LogP contribution in [0.3, 0.4) is 0 Å². The lowest BCUT2D eigenvalue weighted by Gasteiger charge is -2.20. The Hall–Kier alpha value is -3.24. The van der Waals surface area contributed by atoms with Crippen molar-refractivity contribution in [2.75, 3.05) is 42.8 Å². The molecule has 2 aromatic rings. The fraction of sp³-hybridized carbons (Fsp3) is 0.389. The molecule has 11 heteroatoms. The Balaban J connectivity index is 1.83. The van der Waals surface area contributed by atoms with E-state index >= 15 is 0 Å². The molecule has 29 heavy (non-hydrogen) atoms. The van der Waals surface area contributed by atoms with Crippen LogP contribution in [0.2, 0.25) is 0 Å². The summed E-state index contributed by atoms with van der Waals surface area (Å²) >= 11 is 0. The fourth-order valence-electron chi connectivity index (χ4n) is 2.76. The molecule has 0 radical (unpaired) electrons. The van der Waals surface area contributed by atoms with Crippen LogP contribution in [0.4, 0.5) is 30.5 Å². The molecule has 0 amide bonds. The third-order valence-corrected chi connectivity index (χ3v) is 4.22. The monoisotopic (exact) mass is 411 g/mol. The van der Waals surface area contributed by atoms with Crippen molar-refractivity contribution < 1.29 is 27.4 Å². The molecular formula is C18H20F3N5O3. The second-order valence-electron chi connectivity index (χ2n) is 6.41. The van der Waals surface area contributed by atoms with Gasteiger partial charge in [-0.2, -0.15) is 23.1 Å². The van der Waals surface area contributed by atoms with E-state index in [4.69, 9.17) is 15.2 Å². The highest BCUT2D eigenvalue weighted by atomic mass is 19.4. The average molecular weight is 411 g/mol. The van der Waals surface area contributed by atoms with E-state index < -0.39 is 18.8 Å². The number of halogens is 3. The number of hydrogen-bond acceptors (Lipinski definition) is 8. The van der Waals surface area contributed by atoms with E-state index in [0.717, 1.165) is 5.56 Å². The number of methoxy groups -OCH3 is 1. The van der Waals surface area contributed by atoms with Gasteiger partial charge in [0.25, 0.3) is 0 Å². The van der Waals surface area contributed by atoms with E-state index in [1.807, 2.05) is 12.1 Å². The van der Waals surface area contributed by atoms with Crippen LogP contribution in [0.25, 0.3) is 0 Å². The Bertz CT molecular complexity index is 874. The molecule has 0 saturated carbocycles.